The quantitative estimate of drug-likeness (QED) is 0.891. The maximum absolute atomic E-state index is 12.7. The van der Waals surface area contributed by atoms with Crippen molar-refractivity contribution < 1.29 is 9.53 Å². The number of carbonyl (C=O) groups is 1. The third-order valence-corrected chi connectivity index (χ3v) is 5.93. The molecule has 0 spiro atoms. The van der Waals surface area contributed by atoms with Crippen molar-refractivity contribution in [1.29, 1.82) is 0 Å². The van der Waals surface area contributed by atoms with Gasteiger partial charge in [-0.2, -0.15) is 5.10 Å². The number of hydrogen-bond acceptors (Lipinski definition) is 4. The molecule has 1 aromatic rings. The van der Waals surface area contributed by atoms with E-state index in [1.165, 1.54) is 0 Å². The van der Waals surface area contributed by atoms with Crippen LogP contribution in [-0.4, -0.2) is 52.8 Å². The summed E-state index contributed by atoms with van der Waals surface area (Å²) in [5, 5.41) is 10.5. The standard InChI is InChI=1S/C18H30N4O2/c1-11-10-14-15(12(2)24-11)20-21-16(14)17(23)19-13-6-8-18(3,9-7-13)22(4)5/h11-13H,6-10H2,1-5H3,(H,19,23)(H,20,21)/t11-,12+,13?,18?/m1/s1. The van der Waals surface area contributed by atoms with Gasteiger partial charge in [0.15, 0.2) is 5.69 Å². The molecule has 1 aliphatic heterocycles. The van der Waals surface area contributed by atoms with Crippen LogP contribution in [0, 0.1) is 0 Å². The van der Waals surface area contributed by atoms with Crippen LogP contribution >= 0.6 is 0 Å². The van der Waals surface area contributed by atoms with Crippen molar-refractivity contribution in [2.24, 2.45) is 0 Å². The predicted molar refractivity (Wildman–Crippen MR) is 93.1 cm³/mol. The molecular weight excluding hydrogens is 304 g/mol. The lowest BCUT2D eigenvalue weighted by atomic mass is 9.80. The van der Waals surface area contributed by atoms with Crippen molar-refractivity contribution in [3.63, 3.8) is 0 Å². The fraction of sp³-hybridized carbons (Fsp3) is 0.778. The number of nitrogens with one attached hydrogen (secondary N) is 2. The van der Waals surface area contributed by atoms with Crippen LogP contribution in [0.3, 0.4) is 0 Å². The second-order valence-electron chi connectivity index (χ2n) is 7.90. The number of carbonyl (C=O) groups excluding carboxylic acids is 1. The second kappa shape index (κ2) is 6.48. The minimum absolute atomic E-state index is 0.0340. The van der Waals surface area contributed by atoms with Gasteiger partial charge in [0.1, 0.15) is 0 Å². The summed E-state index contributed by atoms with van der Waals surface area (Å²) in [6, 6.07) is 0.243. The summed E-state index contributed by atoms with van der Waals surface area (Å²) >= 11 is 0. The fourth-order valence-corrected chi connectivity index (χ4v) is 3.95. The van der Waals surface area contributed by atoms with Gasteiger partial charge in [-0.25, -0.2) is 0 Å². The summed E-state index contributed by atoms with van der Waals surface area (Å²) in [5.41, 5.74) is 2.76. The number of hydrogen-bond donors (Lipinski definition) is 2. The lowest BCUT2D eigenvalue weighted by Gasteiger charge is -2.42. The van der Waals surface area contributed by atoms with Crippen molar-refractivity contribution in [1.82, 2.24) is 20.4 Å². The van der Waals surface area contributed by atoms with Gasteiger partial charge in [0, 0.05) is 23.6 Å². The van der Waals surface area contributed by atoms with Crippen LogP contribution in [0.15, 0.2) is 0 Å². The third-order valence-electron chi connectivity index (χ3n) is 5.93. The first-order valence-corrected chi connectivity index (χ1v) is 9.01. The Balaban J connectivity index is 1.65. The first-order valence-electron chi connectivity index (χ1n) is 9.01. The molecule has 1 aromatic heterocycles. The van der Waals surface area contributed by atoms with E-state index in [2.05, 4.69) is 41.4 Å². The van der Waals surface area contributed by atoms with Gasteiger partial charge in [-0.1, -0.05) is 0 Å². The second-order valence-corrected chi connectivity index (χ2v) is 7.90. The molecular formula is C18H30N4O2. The van der Waals surface area contributed by atoms with Crippen molar-refractivity contribution in [2.45, 2.75) is 76.7 Å². The molecule has 1 fully saturated rings. The number of ether oxygens (including phenoxy) is 1. The Morgan fingerprint density at radius 1 is 1.33 bits per heavy atom. The Hall–Kier alpha value is -1.40. The molecule has 0 aromatic carbocycles. The normalized spacial score (nSPS) is 33.3. The van der Waals surface area contributed by atoms with Crippen LogP contribution in [-0.2, 0) is 11.2 Å². The van der Waals surface area contributed by atoms with Crippen molar-refractivity contribution in [3.05, 3.63) is 17.0 Å². The molecule has 0 bridgehead atoms. The van der Waals surface area contributed by atoms with Gasteiger partial charge in [0.2, 0.25) is 0 Å². The van der Waals surface area contributed by atoms with Crippen molar-refractivity contribution >= 4 is 5.91 Å². The lowest BCUT2D eigenvalue weighted by Crippen LogP contribution is -2.48. The smallest absolute Gasteiger partial charge is 0.272 e. The monoisotopic (exact) mass is 334 g/mol. The summed E-state index contributed by atoms with van der Waals surface area (Å²) in [5.74, 6) is -0.0488. The Labute approximate surface area is 144 Å². The van der Waals surface area contributed by atoms with Crippen molar-refractivity contribution in [2.75, 3.05) is 14.1 Å². The van der Waals surface area contributed by atoms with Crippen LogP contribution in [0.4, 0.5) is 0 Å². The highest BCUT2D eigenvalue weighted by Gasteiger charge is 2.35. The maximum Gasteiger partial charge on any atom is 0.272 e. The molecule has 2 N–H and O–H groups in total. The van der Waals surface area contributed by atoms with Gasteiger partial charge in [-0.3, -0.25) is 9.89 Å². The minimum Gasteiger partial charge on any atom is -0.369 e. The number of fused-ring (bicyclic) bond motifs is 1. The van der Waals surface area contributed by atoms with E-state index in [1.807, 2.05) is 13.8 Å². The SMILES string of the molecule is C[C@@H]1Cc2c(C(=O)NC3CCC(C)(N(C)C)CC3)n[nH]c2[C@H](C)O1. The highest BCUT2D eigenvalue weighted by molar-refractivity contribution is 5.94. The minimum atomic E-state index is -0.0488. The molecule has 0 radical (unpaired) electrons. The van der Waals surface area contributed by atoms with E-state index in [1.54, 1.807) is 0 Å². The molecule has 2 heterocycles. The molecule has 0 saturated heterocycles. The predicted octanol–water partition coefficient (Wildman–Crippen LogP) is 2.42. The fourth-order valence-electron chi connectivity index (χ4n) is 3.95. The van der Waals surface area contributed by atoms with Crippen molar-refractivity contribution in [3.8, 4) is 0 Å². The molecule has 1 aliphatic carbocycles. The van der Waals surface area contributed by atoms with Gasteiger partial charge >= 0.3 is 0 Å². The van der Waals surface area contributed by atoms with E-state index in [0.29, 0.717) is 5.69 Å². The largest absolute Gasteiger partial charge is 0.369 e. The van der Waals surface area contributed by atoms with Gasteiger partial charge in [-0.05, 0) is 60.5 Å². The van der Waals surface area contributed by atoms with Crippen LogP contribution in [0.1, 0.15) is 74.3 Å². The van der Waals surface area contributed by atoms with Crippen LogP contribution < -0.4 is 5.32 Å². The average molecular weight is 334 g/mol. The Morgan fingerprint density at radius 3 is 2.62 bits per heavy atom. The zero-order chi connectivity index (χ0) is 17.5. The molecule has 1 amide bonds. The highest BCUT2D eigenvalue weighted by Crippen LogP contribution is 2.33. The average Bonchev–Trinajstić information content (AvgIpc) is 2.93. The number of H-pyrrole nitrogens is 1. The molecule has 134 valence electrons. The molecule has 2 atom stereocenters. The summed E-state index contributed by atoms with van der Waals surface area (Å²) in [6.07, 6.45) is 5.06. The third kappa shape index (κ3) is 3.22. The molecule has 3 rings (SSSR count). The molecule has 6 heteroatoms. The van der Waals surface area contributed by atoms with Crippen LogP contribution in [0.5, 0.6) is 0 Å². The highest BCUT2D eigenvalue weighted by atomic mass is 16.5. The van der Waals surface area contributed by atoms with E-state index in [9.17, 15) is 4.79 Å². The Morgan fingerprint density at radius 2 is 2.00 bits per heavy atom. The van der Waals surface area contributed by atoms with Gasteiger partial charge in [0.25, 0.3) is 5.91 Å². The maximum atomic E-state index is 12.7. The van der Waals surface area contributed by atoms with E-state index in [-0.39, 0.29) is 29.7 Å². The summed E-state index contributed by atoms with van der Waals surface area (Å²) < 4.78 is 5.79. The zero-order valence-electron chi connectivity index (χ0n) is 15.5. The zero-order valence-corrected chi connectivity index (χ0v) is 15.5. The number of aromatic amines is 1. The first-order chi connectivity index (χ1) is 11.3. The van der Waals surface area contributed by atoms with Gasteiger partial charge < -0.3 is 15.0 Å². The van der Waals surface area contributed by atoms with Gasteiger partial charge in [0.05, 0.1) is 17.9 Å². The molecule has 2 aliphatic rings. The topological polar surface area (TPSA) is 70.2 Å². The Kier molecular flexibility index (Phi) is 4.71. The Bertz CT molecular complexity index is 602. The van der Waals surface area contributed by atoms with E-state index < -0.39 is 0 Å². The summed E-state index contributed by atoms with van der Waals surface area (Å²) in [4.78, 5) is 15.0. The summed E-state index contributed by atoms with van der Waals surface area (Å²) in [7, 11) is 4.28. The number of aromatic nitrogens is 2. The molecule has 0 unspecified atom stereocenters. The molecule has 6 nitrogen and oxygen atoms in total. The number of amides is 1. The van der Waals surface area contributed by atoms with E-state index >= 15 is 0 Å². The van der Waals surface area contributed by atoms with Gasteiger partial charge in [-0.15, -0.1) is 0 Å². The van der Waals surface area contributed by atoms with Crippen LogP contribution in [0.2, 0.25) is 0 Å². The van der Waals surface area contributed by atoms with E-state index in [0.717, 1.165) is 43.4 Å². The van der Waals surface area contributed by atoms with Crippen LogP contribution in [0.25, 0.3) is 0 Å². The molecule has 24 heavy (non-hydrogen) atoms. The lowest BCUT2D eigenvalue weighted by molar-refractivity contribution is -0.00698. The number of rotatable bonds is 3. The summed E-state index contributed by atoms with van der Waals surface area (Å²) in [6.45, 7) is 6.34. The first kappa shape index (κ1) is 17.4. The molecule has 1 saturated carbocycles. The number of nitrogens with zero attached hydrogens (tertiary/aromatic N) is 2. The van der Waals surface area contributed by atoms with E-state index in [4.69, 9.17) is 4.74 Å².